The number of carbonyl (C=O) groups excluding carboxylic acids is 3. The first-order valence-corrected chi connectivity index (χ1v) is 29.9. The molecule has 0 N–H and O–H groups in total. The molecule has 0 saturated heterocycles. The van der Waals surface area contributed by atoms with Crippen LogP contribution in [-0.4, -0.2) is 37.2 Å². The van der Waals surface area contributed by atoms with Gasteiger partial charge in [0.05, 0.1) is 0 Å². The molecule has 6 nitrogen and oxygen atoms in total. The van der Waals surface area contributed by atoms with Gasteiger partial charge in [0.1, 0.15) is 13.2 Å². The van der Waals surface area contributed by atoms with Crippen LogP contribution in [0.4, 0.5) is 0 Å². The highest BCUT2D eigenvalue weighted by atomic mass is 16.6. The van der Waals surface area contributed by atoms with Crippen LogP contribution in [0.5, 0.6) is 0 Å². The minimum Gasteiger partial charge on any atom is -0.462 e. The van der Waals surface area contributed by atoms with Crippen molar-refractivity contribution in [2.45, 2.75) is 303 Å². The molecule has 0 aromatic rings. The lowest BCUT2D eigenvalue weighted by Crippen LogP contribution is -2.30. The van der Waals surface area contributed by atoms with E-state index >= 15 is 0 Å². The molecule has 0 bridgehead atoms. The number of carbonyl (C=O) groups is 3. The molecule has 0 aliphatic heterocycles. The molecule has 0 saturated carbocycles. The number of ether oxygens (including phenoxy) is 3. The molecular weight excluding hydrogens is 865 g/mol. The van der Waals surface area contributed by atoms with E-state index < -0.39 is 6.10 Å². The molecule has 0 spiro atoms. The number of rotatable bonds is 54. The number of hydrogen-bond acceptors (Lipinski definition) is 6. The number of allylic oxidation sites excluding steroid dienone is 12. The Bertz CT molecular complexity index is 1310. The maximum Gasteiger partial charge on any atom is 0.306 e. The summed E-state index contributed by atoms with van der Waals surface area (Å²) in [6, 6.07) is 0. The van der Waals surface area contributed by atoms with Crippen molar-refractivity contribution in [2.75, 3.05) is 13.2 Å². The van der Waals surface area contributed by atoms with Crippen LogP contribution in [0, 0.1) is 0 Å². The molecule has 70 heavy (non-hydrogen) atoms. The lowest BCUT2D eigenvalue weighted by Gasteiger charge is -2.18. The Morgan fingerprint density at radius 1 is 0.300 bits per heavy atom. The van der Waals surface area contributed by atoms with E-state index in [-0.39, 0.29) is 31.1 Å². The van der Waals surface area contributed by atoms with Gasteiger partial charge in [0.15, 0.2) is 6.10 Å². The van der Waals surface area contributed by atoms with Crippen molar-refractivity contribution in [2.24, 2.45) is 0 Å². The van der Waals surface area contributed by atoms with E-state index in [1.165, 1.54) is 154 Å². The lowest BCUT2D eigenvalue weighted by atomic mass is 10.0. The quantitative estimate of drug-likeness (QED) is 0.0261. The van der Waals surface area contributed by atoms with Crippen molar-refractivity contribution in [1.29, 1.82) is 0 Å². The van der Waals surface area contributed by atoms with Crippen LogP contribution in [0.25, 0.3) is 0 Å². The second-order valence-corrected chi connectivity index (χ2v) is 19.9. The zero-order valence-corrected chi connectivity index (χ0v) is 46.3. The van der Waals surface area contributed by atoms with E-state index in [4.69, 9.17) is 14.2 Å². The molecule has 6 heteroatoms. The molecule has 404 valence electrons. The summed E-state index contributed by atoms with van der Waals surface area (Å²) in [7, 11) is 0. The molecule has 0 amide bonds. The SMILES string of the molecule is CC/C=C\C/C=C\C/C=C\C/C=C\C/C=C\CCCCCC(=O)OC[C@@H](COC(=O)CCCCCCC/C=C\CCCCCCCC)OC(=O)CCCCCCCCCCCCCCCCCCCC. The fourth-order valence-electron chi connectivity index (χ4n) is 8.47. The molecule has 0 rings (SSSR count). The second kappa shape index (κ2) is 58.4. The normalized spacial score (nSPS) is 12.6. The van der Waals surface area contributed by atoms with E-state index in [1.807, 2.05) is 0 Å². The van der Waals surface area contributed by atoms with Gasteiger partial charge in [-0.1, -0.05) is 261 Å². The predicted octanol–water partition coefficient (Wildman–Crippen LogP) is 20.2. The van der Waals surface area contributed by atoms with Crippen LogP contribution in [-0.2, 0) is 28.6 Å². The highest BCUT2D eigenvalue weighted by Crippen LogP contribution is 2.16. The summed E-state index contributed by atoms with van der Waals surface area (Å²) >= 11 is 0. The summed E-state index contributed by atoms with van der Waals surface area (Å²) in [6.45, 7) is 6.52. The van der Waals surface area contributed by atoms with Gasteiger partial charge in [0, 0.05) is 19.3 Å². The number of unbranched alkanes of at least 4 members (excludes halogenated alkanes) is 31. The minimum atomic E-state index is -0.791. The van der Waals surface area contributed by atoms with E-state index in [2.05, 4.69) is 93.7 Å². The first-order valence-electron chi connectivity index (χ1n) is 29.9. The first kappa shape index (κ1) is 66.9. The van der Waals surface area contributed by atoms with Crippen LogP contribution in [0.1, 0.15) is 297 Å². The zero-order valence-electron chi connectivity index (χ0n) is 46.3. The number of hydrogen-bond donors (Lipinski definition) is 0. The fraction of sp³-hybridized carbons (Fsp3) is 0.766. The summed E-state index contributed by atoms with van der Waals surface area (Å²) in [5.41, 5.74) is 0. The zero-order chi connectivity index (χ0) is 50.7. The van der Waals surface area contributed by atoms with Crippen molar-refractivity contribution in [3.63, 3.8) is 0 Å². The topological polar surface area (TPSA) is 78.9 Å². The Balaban J connectivity index is 4.43. The van der Waals surface area contributed by atoms with Crippen LogP contribution >= 0.6 is 0 Å². The van der Waals surface area contributed by atoms with Gasteiger partial charge in [-0.15, -0.1) is 0 Å². The van der Waals surface area contributed by atoms with Gasteiger partial charge in [0.2, 0.25) is 0 Å². The monoisotopic (exact) mass is 977 g/mol. The summed E-state index contributed by atoms with van der Waals surface area (Å²) in [5.74, 6) is -0.916. The standard InChI is InChI=1S/C64H112O6/c1-4-7-10-13-16-19-22-25-28-30-32-34-36-39-42-45-48-51-54-57-63(66)69-60-61(59-68-62(65)56-53-50-47-44-41-38-35-27-24-21-18-15-12-9-6-3)70-64(67)58-55-52-49-46-43-40-37-33-31-29-26-23-20-17-14-11-8-5-2/h7,10,16,19,25,27-28,32,34-35,39,42,61H,4-6,8-9,11-15,17-18,20-24,26,29-31,33,36-38,40-41,43-60H2,1-3H3/b10-7-,19-16-,28-25-,34-32-,35-27-,42-39-/t61-/m1/s1. The van der Waals surface area contributed by atoms with Crippen LogP contribution in [0.3, 0.4) is 0 Å². The predicted molar refractivity (Wildman–Crippen MR) is 302 cm³/mol. The Hall–Kier alpha value is -3.15. The number of esters is 3. The van der Waals surface area contributed by atoms with Crippen LogP contribution < -0.4 is 0 Å². The van der Waals surface area contributed by atoms with E-state index in [1.54, 1.807) is 0 Å². The summed E-state index contributed by atoms with van der Waals surface area (Å²) in [5, 5.41) is 0. The van der Waals surface area contributed by atoms with Gasteiger partial charge < -0.3 is 14.2 Å². The van der Waals surface area contributed by atoms with E-state index in [0.29, 0.717) is 19.3 Å². The Morgan fingerprint density at radius 2 is 0.557 bits per heavy atom. The molecule has 1 atom stereocenters. The van der Waals surface area contributed by atoms with Crippen LogP contribution in [0.2, 0.25) is 0 Å². The van der Waals surface area contributed by atoms with Gasteiger partial charge in [-0.25, -0.2) is 0 Å². The Morgan fingerprint density at radius 3 is 0.900 bits per heavy atom. The van der Waals surface area contributed by atoms with E-state index in [0.717, 1.165) is 103 Å². The molecule has 0 heterocycles. The molecule has 0 aromatic carbocycles. The smallest absolute Gasteiger partial charge is 0.306 e. The third-order valence-corrected chi connectivity index (χ3v) is 12.9. The summed E-state index contributed by atoms with van der Waals surface area (Å²) in [6.07, 6.45) is 74.6. The molecule has 0 aromatic heterocycles. The third-order valence-electron chi connectivity index (χ3n) is 12.9. The largest absolute Gasteiger partial charge is 0.462 e. The second-order valence-electron chi connectivity index (χ2n) is 19.9. The van der Waals surface area contributed by atoms with Crippen LogP contribution in [0.15, 0.2) is 72.9 Å². The van der Waals surface area contributed by atoms with Gasteiger partial charge >= 0.3 is 17.9 Å². The lowest BCUT2D eigenvalue weighted by molar-refractivity contribution is -0.167. The van der Waals surface area contributed by atoms with Gasteiger partial charge in [-0.3, -0.25) is 14.4 Å². The van der Waals surface area contributed by atoms with Crippen molar-refractivity contribution >= 4 is 17.9 Å². The third kappa shape index (κ3) is 55.8. The molecule has 0 radical (unpaired) electrons. The highest BCUT2D eigenvalue weighted by molar-refractivity contribution is 5.71. The minimum absolute atomic E-state index is 0.0880. The molecule has 0 unspecified atom stereocenters. The molecule has 0 aliphatic carbocycles. The summed E-state index contributed by atoms with van der Waals surface area (Å²) < 4.78 is 16.9. The van der Waals surface area contributed by atoms with Crippen molar-refractivity contribution in [1.82, 2.24) is 0 Å². The molecular formula is C64H112O6. The fourth-order valence-corrected chi connectivity index (χ4v) is 8.47. The van der Waals surface area contributed by atoms with E-state index in [9.17, 15) is 14.4 Å². The summed E-state index contributed by atoms with van der Waals surface area (Å²) in [4.78, 5) is 38.2. The molecule has 0 aliphatic rings. The van der Waals surface area contributed by atoms with Gasteiger partial charge in [0.25, 0.3) is 0 Å². The molecule has 0 fully saturated rings. The van der Waals surface area contributed by atoms with Gasteiger partial charge in [-0.2, -0.15) is 0 Å². The van der Waals surface area contributed by atoms with Gasteiger partial charge in [-0.05, 0) is 89.9 Å². The average molecular weight is 978 g/mol. The Kier molecular flexibility index (Phi) is 55.8. The average Bonchev–Trinajstić information content (AvgIpc) is 3.36. The van der Waals surface area contributed by atoms with Crippen molar-refractivity contribution in [3.05, 3.63) is 72.9 Å². The maximum absolute atomic E-state index is 12.9. The first-order chi connectivity index (χ1) is 34.5. The maximum atomic E-state index is 12.9. The van der Waals surface area contributed by atoms with Crippen molar-refractivity contribution in [3.8, 4) is 0 Å². The van der Waals surface area contributed by atoms with Crippen molar-refractivity contribution < 1.29 is 28.6 Å². The highest BCUT2D eigenvalue weighted by Gasteiger charge is 2.19. The Labute approximate surface area is 433 Å².